The molecule has 0 spiro atoms. The number of aryl methyl sites for hydroxylation is 1. The van der Waals surface area contributed by atoms with Gasteiger partial charge in [0.2, 0.25) is 10.0 Å². The van der Waals surface area contributed by atoms with Gasteiger partial charge in [0.1, 0.15) is 0 Å². The number of rotatable bonds is 5. The molecule has 29 heavy (non-hydrogen) atoms. The summed E-state index contributed by atoms with van der Waals surface area (Å²) in [5.41, 5.74) is 3.36. The molecule has 0 aliphatic carbocycles. The minimum absolute atomic E-state index is 0.0528. The Morgan fingerprint density at radius 2 is 1.76 bits per heavy atom. The number of hydrogen-bond donors (Lipinski definition) is 1. The summed E-state index contributed by atoms with van der Waals surface area (Å²) in [6, 6.07) is 12.5. The Morgan fingerprint density at radius 3 is 2.45 bits per heavy atom. The number of sulfonamides is 1. The highest BCUT2D eigenvalue weighted by molar-refractivity contribution is 7.99. The summed E-state index contributed by atoms with van der Waals surface area (Å²) >= 11 is 1.69. The zero-order valence-electron chi connectivity index (χ0n) is 17.3. The van der Waals surface area contributed by atoms with Gasteiger partial charge in [-0.2, -0.15) is 0 Å². The van der Waals surface area contributed by atoms with E-state index in [2.05, 4.69) is 48.9 Å². The third kappa shape index (κ3) is 3.65. The third-order valence-corrected chi connectivity index (χ3v) is 9.25. The third-order valence-electron chi connectivity index (χ3n) is 6.46. The van der Waals surface area contributed by atoms with Crippen molar-refractivity contribution < 1.29 is 13.2 Å². The predicted molar refractivity (Wildman–Crippen MR) is 117 cm³/mol. The SMILES string of the molecule is CCC1(CC)c2ccccc2Sc2cc(S(=O)(=O)NC3CCOCC3)c(C)cc21. The summed E-state index contributed by atoms with van der Waals surface area (Å²) in [5, 5.41) is 0. The molecule has 0 aromatic heterocycles. The Hall–Kier alpha value is -1.34. The monoisotopic (exact) mass is 431 g/mol. The summed E-state index contributed by atoms with van der Waals surface area (Å²) in [7, 11) is -3.57. The molecule has 2 aliphatic heterocycles. The highest BCUT2D eigenvalue weighted by Crippen LogP contribution is 2.53. The minimum Gasteiger partial charge on any atom is -0.381 e. The molecule has 2 aliphatic rings. The first-order chi connectivity index (χ1) is 13.9. The van der Waals surface area contributed by atoms with Crippen molar-refractivity contribution in [3.05, 3.63) is 53.1 Å². The molecule has 4 nitrogen and oxygen atoms in total. The highest BCUT2D eigenvalue weighted by Gasteiger charge is 2.39. The van der Waals surface area contributed by atoms with E-state index in [4.69, 9.17) is 4.74 Å². The van der Waals surface area contributed by atoms with Crippen LogP contribution in [0, 0.1) is 6.92 Å². The molecule has 0 amide bonds. The topological polar surface area (TPSA) is 55.4 Å². The normalized spacial score (nSPS) is 18.9. The van der Waals surface area contributed by atoms with Crippen LogP contribution in [-0.2, 0) is 20.2 Å². The lowest BCUT2D eigenvalue weighted by molar-refractivity contribution is 0.0832. The van der Waals surface area contributed by atoms with E-state index < -0.39 is 10.0 Å². The van der Waals surface area contributed by atoms with Crippen molar-refractivity contribution in [2.24, 2.45) is 0 Å². The number of benzene rings is 2. The summed E-state index contributed by atoms with van der Waals surface area (Å²) in [4.78, 5) is 2.69. The van der Waals surface area contributed by atoms with Crippen LogP contribution in [0.15, 0.2) is 51.1 Å². The second-order valence-corrected chi connectivity index (χ2v) is 10.8. The fraction of sp³-hybridized carbons (Fsp3) is 0.478. The molecule has 156 valence electrons. The number of fused-ring (bicyclic) bond motifs is 2. The van der Waals surface area contributed by atoms with Gasteiger partial charge in [0, 0.05) is 34.5 Å². The molecular weight excluding hydrogens is 402 g/mol. The number of ether oxygens (including phenoxy) is 1. The van der Waals surface area contributed by atoms with Crippen molar-refractivity contribution in [1.82, 2.24) is 4.72 Å². The zero-order valence-corrected chi connectivity index (χ0v) is 19.0. The molecule has 0 unspecified atom stereocenters. The standard InChI is InChI=1S/C23H29NO3S2/c1-4-23(5-2)18-8-6-7-9-20(18)28-21-15-22(16(3)14-19(21)23)29(25,26)24-17-10-12-27-13-11-17/h6-9,14-15,17,24H,4-5,10-13H2,1-3H3. The van der Waals surface area contributed by atoms with Crippen molar-refractivity contribution in [2.45, 2.75) is 72.6 Å². The maximum Gasteiger partial charge on any atom is 0.241 e. The van der Waals surface area contributed by atoms with Crippen LogP contribution in [-0.4, -0.2) is 27.7 Å². The highest BCUT2D eigenvalue weighted by atomic mass is 32.2. The predicted octanol–water partition coefficient (Wildman–Crippen LogP) is 5.02. The Kier molecular flexibility index (Phi) is 5.81. The van der Waals surface area contributed by atoms with E-state index in [-0.39, 0.29) is 11.5 Å². The van der Waals surface area contributed by atoms with Gasteiger partial charge in [0.15, 0.2) is 0 Å². The van der Waals surface area contributed by atoms with E-state index in [9.17, 15) is 8.42 Å². The first-order valence-electron chi connectivity index (χ1n) is 10.4. The van der Waals surface area contributed by atoms with Crippen LogP contribution in [0.1, 0.15) is 56.2 Å². The number of nitrogens with one attached hydrogen (secondary N) is 1. The molecule has 0 atom stereocenters. The molecule has 0 bridgehead atoms. The fourth-order valence-electron chi connectivity index (χ4n) is 4.74. The lowest BCUT2D eigenvalue weighted by atomic mass is 9.70. The van der Waals surface area contributed by atoms with Crippen molar-refractivity contribution in [2.75, 3.05) is 13.2 Å². The van der Waals surface area contributed by atoms with Crippen LogP contribution in [0.3, 0.4) is 0 Å². The molecule has 2 heterocycles. The molecule has 1 saturated heterocycles. The van der Waals surface area contributed by atoms with Crippen molar-refractivity contribution in [1.29, 1.82) is 0 Å². The fourth-order valence-corrected chi connectivity index (χ4v) is 7.67. The second kappa shape index (κ2) is 8.06. The summed E-state index contributed by atoms with van der Waals surface area (Å²) in [5.74, 6) is 0. The molecule has 2 aromatic carbocycles. The van der Waals surface area contributed by atoms with E-state index in [0.29, 0.717) is 18.1 Å². The van der Waals surface area contributed by atoms with E-state index in [1.807, 2.05) is 13.0 Å². The quantitative estimate of drug-likeness (QED) is 0.722. The lowest BCUT2D eigenvalue weighted by Crippen LogP contribution is -2.39. The van der Waals surface area contributed by atoms with E-state index in [0.717, 1.165) is 36.1 Å². The van der Waals surface area contributed by atoms with Gasteiger partial charge >= 0.3 is 0 Å². The molecule has 1 fully saturated rings. The minimum atomic E-state index is -3.57. The lowest BCUT2D eigenvalue weighted by Gasteiger charge is -2.40. The molecule has 0 saturated carbocycles. The Labute approximate surface area is 178 Å². The second-order valence-electron chi connectivity index (χ2n) is 8.01. The van der Waals surface area contributed by atoms with Crippen LogP contribution in [0.2, 0.25) is 0 Å². The van der Waals surface area contributed by atoms with Gasteiger partial charge in [-0.1, -0.05) is 49.9 Å². The molecule has 1 N–H and O–H groups in total. The van der Waals surface area contributed by atoms with E-state index >= 15 is 0 Å². The number of hydrogen-bond acceptors (Lipinski definition) is 4. The Bertz CT molecular complexity index is 1010. The van der Waals surface area contributed by atoms with Crippen LogP contribution >= 0.6 is 11.8 Å². The van der Waals surface area contributed by atoms with Gasteiger partial charge in [-0.25, -0.2) is 13.1 Å². The molecule has 2 aromatic rings. The Morgan fingerprint density at radius 1 is 1.07 bits per heavy atom. The molecule has 4 rings (SSSR count). The van der Waals surface area contributed by atoms with Gasteiger partial charge in [-0.15, -0.1) is 0 Å². The van der Waals surface area contributed by atoms with Gasteiger partial charge in [0.25, 0.3) is 0 Å². The van der Waals surface area contributed by atoms with Gasteiger partial charge in [0.05, 0.1) is 4.90 Å². The smallest absolute Gasteiger partial charge is 0.241 e. The average molecular weight is 432 g/mol. The van der Waals surface area contributed by atoms with Crippen molar-refractivity contribution >= 4 is 21.8 Å². The largest absolute Gasteiger partial charge is 0.381 e. The van der Waals surface area contributed by atoms with Crippen LogP contribution in [0.25, 0.3) is 0 Å². The van der Waals surface area contributed by atoms with Crippen molar-refractivity contribution in [3.63, 3.8) is 0 Å². The summed E-state index contributed by atoms with van der Waals surface area (Å²) in [6.45, 7) is 7.59. The van der Waals surface area contributed by atoms with Crippen LogP contribution in [0.5, 0.6) is 0 Å². The average Bonchev–Trinajstić information content (AvgIpc) is 2.72. The van der Waals surface area contributed by atoms with Gasteiger partial charge in [-0.3, -0.25) is 0 Å². The Balaban J connectivity index is 1.79. The summed E-state index contributed by atoms with van der Waals surface area (Å²) < 4.78 is 34.7. The first kappa shape index (κ1) is 20.9. The maximum atomic E-state index is 13.2. The molecular formula is C23H29NO3S2. The first-order valence-corrected chi connectivity index (χ1v) is 12.7. The molecule has 0 radical (unpaired) electrons. The van der Waals surface area contributed by atoms with Crippen LogP contribution < -0.4 is 4.72 Å². The van der Waals surface area contributed by atoms with Gasteiger partial charge < -0.3 is 4.74 Å². The van der Waals surface area contributed by atoms with E-state index in [1.165, 1.54) is 16.0 Å². The maximum absolute atomic E-state index is 13.2. The van der Waals surface area contributed by atoms with E-state index in [1.54, 1.807) is 11.8 Å². The zero-order chi connectivity index (χ0) is 20.6. The van der Waals surface area contributed by atoms with Gasteiger partial charge in [-0.05, 0) is 61.4 Å². The van der Waals surface area contributed by atoms with Crippen molar-refractivity contribution in [3.8, 4) is 0 Å². The van der Waals surface area contributed by atoms with Crippen LogP contribution in [0.4, 0.5) is 0 Å². The molecule has 6 heteroatoms. The summed E-state index contributed by atoms with van der Waals surface area (Å²) in [6.07, 6.45) is 3.42.